The Labute approximate surface area is 102 Å². The molecule has 0 aliphatic rings. The Morgan fingerprint density at radius 2 is 2.00 bits per heavy atom. The fourth-order valence-corrected chi connectivity index (χ4v) is 1.40. The zero-order chi connectivity index (χ0) is 13.0. The minimum absolute atomic E-state index is 0.0775. The lowest BCUT2D eigenvalue weighted by Gasteiger charge is -2.08. The molecule has 6 heteroatoms. The molecule has 17 heavy (non-hydrogen) atoms. The summed E-state index contributed by atoms with van der Waals surface area (Å²) in [4.78, 5) is 32.9. The second-order valence-electron chi connectivity index (χ2n) is 3.42. The van der Waals surface area contributed by atoms with Crippen LogP contribution in [0.25, 0.3) is 0 Å². The third kappa shape index (κ3) is 3.88. The number of amides is 1. The second-order valence-corrected chi connectivity index (χ2v) is 3.86. The predicted octanol–water partition coefficient (Wildman–Crippen LogP) is 1.96. The van der Waals surface area contributed by atoms with Crippen molar-refractivity contribution in [1.82, 2.24) is 0 Å². The van der Waals surface area contributed by atoms with Gasteiger partial charge in [0, 0.05) is 5.02 Å². The number of nitrogens with one attached hydrogen (secondary N) is 1. The molecule has 1 aromatic rings. The summed E-state index contributed by atoms with van der Waals surface area (Å²) in [7, 11) is 0. The average Bonchev–Trinajstić information content (AvgIpc) is 2.15. The van der Waals surface area contributed by atoms with E-state index in [1.54, 1.807) is 0 Å². The second kappa shape index (κ2) is 5.45. The van der Waals surface area contributed by atoms with Crippen molar-refractivity contribution in [2.75, 3.05) is 5.32 Å². The lowest BCUT2D eigenvalue weighted by atomic mass is 10.1. The number of carbonyl (C=O) groups excluding carboxylic acids is 2. The highest BCUT2D eigenvalue weighted by Crippen LogP contribution is 2.21. The summed E-state index contributed by atoms with van der Waals surface area (Å²) < 4.78 is 0. The fraction of sp³-hybridized carbons (Fsp3) is 0.182. The van der Waals surface area contributed by atoms with Crippen LogP contribution in [0, 0.1) is 0 Å². The Balaban J connectivity index is 2.96. The normalized spacial score (nSPS) is 9.76. The minimum Gasteiger partial charge on any atom is -0.478 e. The number of hydrogen-bond donors (Lipinski definition) is 2. The largest absolute Gasteiger partial charge is 0.478 e. The van der Waals surface area contributed by atoms with Crippen molar-refractivity contribution in [3.63, 3.8) is 0 Å². The lowest BCUT2D eigenvalue weighted by molar-refractivity contribution is -0.124. The van der Waals surface area contributed by atoms with Gasteiger partial charge < -0.3 is 10.4 Å². The highest BCUT2D eigenvalue weighted by Gasteiger charge is 2.13. The van der Waals surface area contributed by atoms with Gasteiger partial charge in [0.05, 0.1) is 17.7 Å². The van der Waals surface area contributed by atoms with Crippen molar-refractivity contribution in [3.05, 3.63) is 28.8 Å². The Bertz CT molecular complexity index is 484. The first-order valence-corrected chi connectivity index (χ1v) is 5.10. The SMILES string of the molecule is CC(=O)CC(=O)Nc1cc(Cl)ccc1C(=O)O. The number of halogens is 1. The van der Waals surface area contributed by atoms with Gasteiger partial charge in [-0.15, -0.1) is 0 Å². The molecule has 0 aliphatic carbocycles. The summed E-state index contributed by atoms with van der Waals surface area (Å²) in [6.07, 6.45) is -0.300. The van der Waals surface area contributed by atoms with Gasteiger partial charge in [-0.2, -0.15) is 0 Å². The quantitative estimate of drug-likeness (QED) is 0.806. The molecule has 1 amide bonds. The van der Waals surface area contributed by atoms with Gasteiger partial charge in [-0.05, 0) is 25.1 Å². The van der Waals surface area contributed by atoms with Crippen LogP contribution >= 0.6 is 11.6 Å². The number of ketones is 1. The van der Waals surface area contributed by atoms with Crippen LogP contribution < -0.4 is 5.32 Å². The van der Waals surface area contributed by atoms with Gasteiger partial charge in [-0.3, -0.25) is 9.59 Å². The molecule has 0 atom stereocenters. The van der Waals surface area contributed by atoms with Crippen molar-refractivity contribution in [2.24, 2.45) is 0 Å². The Hall–Kier alpha value is -1.88. The molecule has 0 aromatic heterocycles. The highest BCUT2D eigenvalue weighted by atomic mass is 35.5. The van der Waals surface area contributed by atoms with Gasteiger partial charge in [0.15, 0.2) is 0 Å². The number of aromatic carboxylic acids is 1. The van der Waals surface area contributed by atoms with E-state index >= 15 is 0 Å². The Kier molecular flexibility index (Phi) is 4.23. The fourth-order valence-electron chi connectivity index (χ4n) is 1.23. The van der Waals surface area contributed by atoms with Crippen LogP contribution in [-0.4, -0.2) is 22.8 Å². The number of carboxylic acids is 1. The van der Waals surface area contributed by atoms with E-state index in [2.05, 4.69) is 5.32 Å². The predicted molar refractivity (Wildman–Crippen MR) is 62.3 cm³/mol. The number of rotatable bonds is 4. The van der Waals surface area contributed by atoms with Gasteiger partial charge in [-0.1, -0.05) is 11.6 Å². The third-order valence-corrected chi connectivity index (χ3v) is 2.13. The van der Waals surface area contributed by atoms with Crippen LogP contribution in [0.15, 0.2) is 18.2 Å². The molecule has 0 radical (unpaired) electrons. The van der Waals surface area contributed by atoms with E-state index in [0.717, 1.165) is 0 Å². The van der Waals surface area contributed by atoms with Crippen molar-refractivity contribution in [1.29, 1.82) is 0 Å². The molecule has 0 unspecified atom stereocenters. The molecule has 0 saturated heterocycles. The van der Waals surface area contributed by atoms with Crippen LogP contribution in [0.5, 0.6) is 0 Å². The molecule has 0 spiro atoms. The molecule has 0 bridgehead atoms. The molecule has 2 N–H and O–H groups in total. The van der Waals surface area contributed by atoms with Crippen LogP contribution in [0.3, 0.4) is 0 Å². The van der Waals surface area contributed by atoms with E-state index in [0.29, 0.717) is 5.02 Å². The first-order chi connectivity index (χ1) is 7.90. The van der Waals surface area contributed by atoms with Gasteiger partial charge in [0.1, 0.15) is 5.78 Å². The number of hydrogen-bond acceptors (Lipinski definition) is 3. The van der Waals surface area contributed by atoms with Gasteiger partial charge in [-0.25, -0.2) is 4.79 Å². The zero-order valence-electron chi connectivity index (χ0n) is 8.99. The van der Waals surface area contributed by atoms with E-state index < -0.39 is 11.9 Å². The number of benzene rings is 1. The lowest BCUT2D eigenvalue weighted by Crippen LogP contribution is -2.17. The maximum absolute atomic E-state index is 11.3. The number of anilines is 1. The first kappa shape index (κ1) is 13.2. The van der Waals surface area contributed by atoms with E-state index in [1.165, 1.54) is 25.1 Å². The Morgan fingerprint density at radius 3 is 2.53 bits per heavy atom. The average molecular weight is 256 g/mol. The number of Topliss-reactive ketones (excluding diaryl/α,β-unsaturated/α-hetero) is 1. The number of carbonyl (C=O) groups is 3. The van der Waals surface area contributed by atoms with Crippen LogP contribution in [0.2, 0.25) is 5.02 Å². The molecule has 0 saturated carbocycles. The molecule has 0 aliphatic heterocycles. The molecule has 1 aromatic carbocycles. The zero-order valence-corrected chi connectivity index (χ0v) is 9.75. The van der Waals surface area contributed by atoms with Crippen LogP contribution in [0.1, 0.15) is 23.7 Å². The third-order valence-electron chi connectivity index (χ3n) is 1.90. The molecular weight excluding hydrogens is 246 g/mol. The topological polar surface area (TPSA) is 83.5 Å². The minimum atomic E-state index is -1.18. The van der Waals surface area contributed by atoms with Gasteiger partial charge in [0.25, 0.3) is 0 Å². The van der Waals surface area contributed by atoms with E-state index in [9.17, 15) is 14.4 Å². The van der Waals surface area contributed by atoms with Crippen LogP contribution in [0.4, 0.5) is 5.69 Å². The van der Waals surface area contributed by atoms with Crippen molar-refractivity contribution < 1.29 is 19.5 Å². The van der Waals surface area contributed by atoms with Gasteiger partial charge >= 0.3 is 5.97 Å². The molecule has 0 fully saturated rings. The summed E-state index contributed by atoms with van der Waals surface area (Å²) in [6.45, 7) is 1.27. The standard InChI is InChI=1S/C11H10ClNO4/c1-6(14)4-10(15)13-9-5-7(12)2-3-8(9)11(16)17/h2-3,5H,4H2,1H3,(H,13,15)(H,16,17). The molecule has 0 heterocycles. The molecule has 1 rings (SSSR count). The van der Waals surface area contributed by atoms with Crippen molar-refractivity contribution >= 4 is 34.9 Å². The summed E-state index contributed by atoms with van der Waals surface area (Å²) in [5.74, 6) is -2.05. The summed E-state index contributed by atoms with van der Waals surface area (Å²) in [6, 6.07) is 4.02. The summed E-state index contributed by atoms with van der Waals surface area (Å²) >= 11 is 5.70. The Morgan fingerprint density at radius 1 is 1.35 bits per heavy atom. The molecule has 90 valence electrons. The van der Waals surface area contributed by atoms with Crippen molar-refractivity contribution in [3.8, 4) is 0 Å². The smallest absolute Gasteiger partial charge is 0.337 e. The summed E-state index contributed by atoms with van der Waals surface area (Å²) in [5.41, 5.74) is 0.00236. The summed E-state index contributed by atoms with van der Waals surface area (Å²) in [5, 5.41) is 11.5. The first-order valence-electron chi connectivity index (χ1n) is 4.72. The maximum Gasteiger partial charge on any atom is 0.337 e. The van der Waals surface area contributed by atoms with E-state index in [1.807, 2.05) is 0 Å². The van der Waals surface area contributed by atoms with E-state index in [-0.39, 0.29) is 23.5 Å². The molecule has 5 nitrogen and oxygen atoms in total. The van der Waals surface area contributed by atoms with E-state index in [4.69, 9.17) is 16.7 Å². The highest BCUT2D eigenvalue weighted by molar-refractivity contribution is 6.31. The molecular formula is C11H10ClNO4. The van der Waals surface area contributed by atoms with Gasteiger partial charge in [0.2, 0.25) is 5.91 Å². The number of carboxylic acid groups (broad SMARTS) is 1. The maximum atomic E-state index is 11.3. The monoisotopic (exact) mass is 255 g/mol. The van der Waals surface area contributed by atoms with Crippen molar-refractivity contribution in [2.45, 2.75) is 13.3 Å². The van der Waals surface area contributed by atoms with Crippen LogP contribution in [-0.2, 0) is 9.59 Å².